The minimum atomic E-state index is 0.103. The molecule has 0 heterocycles. The Hall–Kier alpha value is -1.02. The van der Waals surface area contributed by atoms with E-state index >= 15 is 0 Å². The summed E-state index contributed by atoms with van der Waals surface area (Å²) in [5.74, 6) is 0.682. The summed E-state index contributed by atoms with van der Waals surface area (Å²) in [5.41, 5.74) is 2.03. The summed E-state index contributed by atoms with van der Waals surface area (Å²) in [6.07, 6.45) is 2.47. The molecule has 2 N–H and O–H groups in total. The standard InChI is InChI=1S/C13H21NO/c1-3-6-11(2)9-14-13-8-5-4-7-12(13)10-15/h4-5,7-8,11,14-15H,3,6,9-10H2,1-2H3/t11-/m1/s1. The number of rotatable bonds is 6. The molecular weight excluding hydrogens is 186 g/mol. The van der Waals surface area contributed by atoms with Gasteiger partial charge in [-0.3, -0.25) is 0 Å². The molecule has 0 aliphatic heterocycles. The predicted molar refractivity (Wildman–Crippen MR) is 64.9 cm³/mol. The fourth-order valence-electron chi connectivity index (χ4n) is 1.71. The van der Waals surface area contributed by atoms with Crippen LogP contribution >= 0.6 is 0 Å². The Morgan fingerprint density at radius 1 is 1.33 bits per heavy atom. The van der Waals surface area contributed by atoms with E-state index in [1.165, 1.54) is 12.8 Å². The highest BCUT2D eigenvalue weighted by Gasteiger charge is 2.03. The SMILES string of the molecule is CCC[C@@H](C)CNc1ccccc1CO. The van der Waals surface area contributed by atoms with Crippen LogP contribution in [0.5, 0.6) is 0 Å². The van der Waals surface area contributed by atoms with Crippen LogP contribution in [0.1, 0.15) is 32.3 Å². The van der Waals surface area contributed by atoms with Crippen molar-refractivity contribution in [1.29, 1.82) is 0 Å². The molecule has 1 atom stereocenters. The maximum Gasteiger partial charge on any atom is 0.0701 e. The second-order valence-corrected chi connectivity index (χ2v) is 4.09. The molecule has 0 saturated carbocycles. The number of aliphatic hydroxyl groups is 1. The highest BCUT2D eigenvalue weighted by Crippen LogP contribution is 2.16. The summed E-state index contributed by atoms with van der Waals surface area (Å²) < 4.78 is 0. The molecule has 1 aromatic rings. The van der Waals surface area contributed by atoms with Crippen molar-refractivity contribution < 1.29 is 5.11 Å². The molecule has 1 rings (SSSR count). The van der Waals surface area contributed by atoms with E-state index < -0.39 is 0 Å². The van der Waals surface area contributed by atoms with Gasteiger partial charge in [0.1, 0.15) is 0 Å². The molecule has 0 fully saturated rings. The average molecular weight is 207 g/mol. The Labute approximate surface area is 92.3 Å². The monoisotopic (exact) mass is 207 g/mol. The van der Waals surface area contributed by atoms with Gasteiger partial charge >= 0.3 is 0 Å². The number of hydrogen-bond acceptors (Lipinski definition) is 2. The molecule has 0 saturated heterocycles. The van der Waals surface area contributed by atoms with Crippen molar-refractivity contribution in [3.8, 4) is 0 Å². The van der Waals surface area contributed by atoms with Crippen LogP contribution in [0.4, 0.5) is 5.69 Å². The van der Waals surface area contributed by atoms with Crippen LogP contribution < -0.4 is 5.32 Å². The molecule has 0 aromatic heterocycles. The first kappa shape index (κ1) is 12.1. The third kappa shape index (κ3) is 3.92. The summed E-state index contributed by atoms with van der Waals surface area (Å²) in [5, 5.41) is 12.5. The van der Waals surface area contributed by atoms with Gasteiger partial charge in [0.25, 0.3) is 0 Å². The lowest BCUT2D eigenvalue weighted by Gasteiger charge is -2.14. The van der Waals surface area contributed by atoms with Crippen LogP contribution in [-0.4, -0.2) is 11.7 Å². The first-order chi connectivity index (χ1) is 7.27. The molecule has 0 aliphatic carbocycles. The van der Waals surface area contributed by atoms with Gasteiger partial charge in [-0.15, -0.1) is 0 Å². The van der Waals surface area contributed by atoms with Gasteiger partial charge in [0, 0.05) is 17.8 Å². The molecule has 2 nitrogen and oxygen atoms in total. The number of benzene rings is 1. The minimum absolute atomic E-state index is 0.103. The van der Waals surface area contributed by atoms with Crippen LogP contribution in [0.3, 0.4) is 0 Å². The molecule has 0 radical (unpaired) electrons. The van der Waals surface area contributed by atoms with Gasteiger partial charge in [0.15, 0.2) is 0 Å². The number of nitrogens with one attached hydrogen (secondary N) is 1. The Morgan fingerprint density at radius 3 is 2.73 bits per heavy atom. The van der Waals surface area contributed by atoms with Crippen molar-refractivity contribution >= 4 is 5.69 Å². The van der Waals surface area contributed by atoms with E-state index in [1.807, 2.05) is 24.3 Å². The lowest BCUT2D eigenvalue weighted by molar-refractivity contribution is 0.282. The second-order valence-electron chi connectivity index (χ2n) is 4.09. The molecule has 0 amide bonds. The summed E-state index contributed by atoms with van der Waals surface area (Å²) >= 11 is 0. The zero-order chi connectivity index (χ0) is 11.1. The zero-order valence-electron chi connectivity index (χ0n) is 9.66. The van der Waals surface area contributed by atoms with Crippen LogP contribution in [0, 0.1) is 5.92 Å². The lowest BCUT2D eigenvalue weighted by atomic mass is 10.1. The van der Waals surface area contributed by atoms with E-state index in [0.29, 0.717) is 5.92 Å². The summed E-state index contributed by atoms with van der Waals surface area (Å²) in [6.45, 7) is 5.53. The topological polar surface area (TPSA) is 32.3 Å². The van der Waals surface area contributed by atoms with Crippen molar-refractivity contribution in [3.05, 3.63) is 29.8 Å². The molecular formula is C13H21NO. The van der Waals surface area contributed by atoms with Crippen LogP contribution in [-0.2, 0) is 6.61 Å². The highest BCUT2D eigenvalue weighted by atomic mass is 16.3. The number of aliphatic hydroxyl groups excluding tert-OH is 1. The van der Waals surface area contributed by atoms with E-state index in [4.69, 9.17) is 5.11 Å². The van der Waals surface area contributed by atoms with Crippen molar-refractivity contribution in [2.24, 2.45) is 5.92 Å². The van der Waals surface area contributed by atoms with E-state index in [2.05, 4.69) is 19.2 Å². The van der Waals surface area contributed by atoms with Crippen molar-refractivity contribution in [2.75, 3.05) is 11.9 Å². The van der Waals surface area contributed by atoms with E-state index in [9.17, 15) is 0 Å². The fourth-order valence-corrected chi connectivity index (χ4v) is 1.71. The molecule has 1 aromatic carbocycles. The zero-order valence-corrected chi connectivity index (χ0v) is 9.66. The summed E-state index contributed by atoms with van der Waals surface area (Å²) in [7, 11) is 0. The van der Waals surface area contributed by atoms with Crippen molar-refractivity contribution in [2.45, 2.75) is 33.3 Å². The average Bonchev–Trinajstić information content (AvgIpc) is 2.27. The quantitative estimate of drug-likeness (QED) is 0.751. The van der Waals surface area contributed by atoms with Gasteiger partial charge in [-0.25, -0.2) is 0 Å². The maximum atomic E-state index is 9.15. The maximum absolute atomic E-state index is 9.15. The predicted octanol–water partition coefficient (Wildman–Crippen LogP) is 3.03. The molecule has 15 heavy (non-hydrogen) atoms. The van der Waals surface area contributed by atoms with Gasteiger partial charge in [-0.1, -0.05) is 38.5 Å². The van der Waals surface area contributed by atoms with Gasteiger partial charge in [-0.05, 0) is 18.4 Å². The van der Waals surface area contributed by atoms with Crippen LogP contribution in [0.25, 0.3) is 0 Å². The molecule has 2 heteroatoms. The Bertz CT molecular complexity index is 286. The largest absolute Gasteiger partial charge is 0.392 e. The van der Waals surface area contributed by atoms with Gasteiger partial charge in [-0.2, -0.15) is 0 Å². The van der Waals surface area contributed by atoms with Gasteiger partial charge in [0.05, 0.1) is 6.61 Å². The summed E-state index contributed by atoms with van der Waals surface area (Å²) in [4.78, 5) is 0. The molecule has 0 unspecified atom stereocenters. The third-order valence-electron chi connectivity index (χ3n) is 2.61. The van der Waals surface area contributed by atoms with Gasteiger partial charge in [0.2, 0.25) is 0 Å². The van der Waals surface area contributed by atoms with Gasteiger partial charge < -0.3 is 10.4 Å². The van der Waals surface area contributed by atoms with Crippen molar-refractivity contribution in [1.82, 2.24) is 0 Å². The first-order valence-electron chi connectivity index (χ1n) is 5.70. The number of anilines is 1. The van der Waals surface area contributed by atoms with Crippen molar-refractivity contribution in [3.63, 3.8) is 0 Å². The molecule has 0 aliphatic rings. The Balaban J connectivity index is 2.49. The Kier molecular flexibility index (Phi) is 5.19. The first-order valence-corrected chi connectivity index (χ1v) is 5.70. The smallest absolute Gasteiger partial charge is 0.0701 e. The highest BCUT2D eigenvalue weighted by molar-refractivity contribution is 5.50. The number of hydrogen-bond donors (Lipinski definition) is 2. The minimum Gasteiger partial charge on any atom is -0.392 e. The third-order valence-corrected chi connectivity index (χ3v) is 2.61. The normalized spacial score (nSPS) is 12.5. The van der Waals surface area contributed by atoms with Crippen LogP contribution in [0.15, 0.2) is 24.3 Å². The number of para-hydroxylation sites is 1. The second kappa shape index (κ2) is 6.46. The van der Waals surface area contributed by atoms with E-state index in [0.717, 1.165) is 17.8 Å². The fraction of sp³-hybridized carbons (Fsp3) is 0.538. The molecule has 84 valence electrons. The molecule has 0 spiro atoms. The summed E-state index contributed by atoms with van der Waals surface area (Å²) in [6, 6.07) is 7.91. The lowest BCUT2D eigenvalue weighted by Crippen LogP contribution is -2.12. The Morgan fingerprint density at radius 2 is 2.07 bits per heavy atom. The molecule has 0 bridgehead atoms. The van der Waals surface area contributed by atoms with Crippen LogP contribution in [0.2, 0.25) is 0 Å². The van der Waals surface area contributed by atoms with E-state index in [1.54, 1.807) is 0 Å². The van der Waals surface area contributed by atoms with E-state index in [-0.39, 0.29) is 6.61 Å².